The molecule has 0 atom stereocenters. The lowest BCUT2D eigenvalue weighted by Gasteiger charge is -2.31. The minimum Gasteiger partial charge on any atom is -0.490 e. The number of benzene rings is 2. The first-order chi connectivity index (χ1) is 14.8. The van der Waals surface area contributed by atoms with Crippen molar-refractivity contribution >= 4 is 34.6 Å². The van der Waals surface area contributed by atoms with Crippen molar-refractivity contribution in [2.75, 3.05) is 23.4 Å². The first kappa shape index (κ1) is 19.3. The summed E-state index contributed by atoms with van der Waals surface area (Å²) < 4.78 is 5.85. The lowest BCUT2D eigenvalue weighted by Crippen LogP contribution is -2.32. The highest BCUT2D eigenvalue weighted by Gasteiger charge is 2.19. The number of aromatic nitrogens is 2. The van der Waals surface area contributed by atoms with E-state index >= 15 is 0 Å². The first-order valence-corrected chi connectivity index (χ1v) is 9.69. The smallest absolute Gasteiger partial charge is 0.204 e. The number of pyridine rings is 1. The molecule has 4 aromatic rings. The van der Waals surface area contributed by atoms with Gasteiger partial charge in [0.1, 0.15) is 23.8 Å². The van der Waals surface area contributed by atoms with Gasteiger partial charge >= 0.3 is 0 Å². The zero-order valence-electron chi connectivity index (χ0n) is 16.4. The Morgan fingerprint density at radius 3 is 2.80 bits per heavy atom. The number of hydrogen-bond donors (Lipinski definition) is 3. The molecule has 3 heterocycles. The van der Waals surface area contributed by atoms with Gasteiger partial charge in [-0.05, 0) is 42.0 Å². The maximum atomic E-state index is 8.58. The van der Waals surface area contributed by atoms with E-state index in [4.69, 9.17) is 9.53 Å². The fraction of sp³-hybridized carbons (Fsp3) is 0.130. The van der Waals surface area contributed by atoms with Crippen molar-refractivity contribution in [3.05, 3.63) is 78.5 Å². The molecule has 0 aliphatic carbocycles. The van der Waals surface area contributed by atoms with Gasteiger partial charge in [0.05, 0.1) is 12.2 Å². The molecule has 0 saturated heterocycles. The van der Waals surface area contributed by atoms with Crippen LogP contribution in [0.1, 0.15) is 5.56 Å². The van der Waals surface area contributed by atoms with E-state index in [-0.39, 0.29) is 6.41 Å². The molecule has 7 nitrogen and oxygen atoms in total. The molecule has 0 fully saturated rings. The Hall–Kier alpha value is -4.00. The number of aromatic amines is 1. The molecule has 0 spiro atoms. The lowest BCUT2D eigenvalue weighted by molar-refractivity contribution is -0.106. The number of fused-ring (bicyclic) bond motifs is 2. The normalized spacial score (nSPS) is 12.3. The van der Waals surface area contributed by atoms with Gasteiger partial charge in [0, 0.05) is 23.8 Å². The number of nitrogens with zero attached hydrogens (tertiary/aromatic N) is 2. The Morgan fingerprint density at radius 1 is 1.13 bits per heavy atom. The van der Waals surface area contributed by atoms with Crippen molar-refractivity contribution in [2.24, 2.45) is 5.73 Å². The number of carbonyl (C=O) groups is 1. The third kappa shape index (κ3) is 4.35. The number of anilines is 3. The standard InChI is InChI=1S/C22H20N4O.CH3NO/c1-2-4-16(5-3-1)15-26-12-13-27-20-8-7-18(14-19(20)26)24-21-9-6-17-10-11-23-22(17)25-21;2-1-3/h1-11,14H,12-13,15H2,(H2,23,24,25);1H,(H2,2,3). The summed E-state index contributed by atoms with van der Waals surface area (Å²) >= 11 is 0. The molecule has 152 valence electrons. The van der Waals surface area contributed by atoms with Crippen LogP contribution in [0.4, 0.5) is 17.2 Å². The minimum atomic E-state index is 0.250. The van der Waals surface area contributed by atoms with E-state index in [0.717, 1.165) is 47.1 Å². The molecular formula is C23H23N5O2. The fourth-order valence-electron chi connectivity index (χ4n) is 3.47. The molecule has 0 unspecified atom stereocenters. The van der Waals surface area contributed by atoms with Crippen LogP contribution in [-0.2, 0) is 11.3 Å². The van der Waals surface area contributed by atoms with Crippen LogP contribution in [0, 0.1) is 0 Å². The number of amides is 1. The number of carbonyl (C=O) groups excluding carboxylic acids is 1. The van der Waals surface area contributed by atoms with Gasteiger partial charge in [0.25, 0.3) is 0 Å². The van der Waals surface area contributed by atoms with Crippen LogP contribution in [0.15, 0.2) is 72.9 Å². The summed E-state index contributed by atoms with van der Waals surface area (Å²) in [6.45, 7) is 2.45. The molecule has 30 heavy (non-hydrogen) atoms. The quantitative estimate of drug-likeness (QED) is 0.452. The van der Waals surface area contributed by atoms with Gasteiger partial charge in [0.15, 0.2) is 0 Å². The van der Waals surface area contributed by atoms with Gasteiger partial charge in [-0.1, -0.05) is 30.3 Å². The average molecular weight is 401 g/mol. The van der Waals surface area contributed by atoms with E-state index in [0.29, 0.717) is 6.61 Å². The predicted molar refractivity (Wildman–Crippen MR) is 119 cm³/mol. The van der Waals surface area contributed by atoms with Gasteiger partial charge in [0.2, 0.25) is 6.41 Å². The summed E-state index contributed by atoms with van der Waals surface area (Å²) in [7, 11) is 0. The Kier molecular flexibility index (Phi) is 5.80. The van der Waals surface area contributed by atoms with Crippen LogP contribution in [0.3, 0.4) is 0 Å². The first-order valence-electron chi connectivity index (χ1n) is 9.69. The van der Waals surface area contributed by atoms with E-state index in [9.17, 15) is 0 Å². The highest BCUT2D eigenvalue weighted by atomic mass is 16.5. The molecule has 5 rings (SSSR count). The van der Waals surface area contributed by atoms with Crippen molar-refractivity contribution < 1.29 is 9.53 Å². The van der Waals surface area contributed by atoms with Crippen molar-refractivity contribution in [2.45, 2.75) is 6.54 Å². The molecule has 1 aliphatic rings. The fourth-order valence-corrected chi connectivity index (χ4v) is 3.47. The summed E-state index contributed by atoms with van der Waals surface area (Å²) in [5.41, 5.74) is 8.45. The van der Waals surface area contributed by atoms with Gasteiger partial charge in [-0.3, -0.25) is 4.79 Å². The second-order valence-electron chi connectivity index (χ2n) is 6.81. The highest BCUT2D eigenvalue weighted by molar-refractivity contribution is 5.78. The zero-order chi connectivity index (χ0) is 20.8. The molecule has 1 amide bonds. The number of hydrogen-bond acceptors (Lipinski definition) is 5. The Balaban J connectivity index is 0.000000687. The van der Waals surface area contributed by atoms with Crippen molar-refractivity contribution in [1.82, 2.24) is 9.97 Å². The lowest BCUT2D eigenvalue weighted by atomic mass is 10.1. The van der Waals surface area contributed by atoms with Crippen molar-refractivity contribution in [3.63, 3.8) is 0 Å². The summed E-state index contributed by atoms with van der Waals surface area (Å²) in [6.07, 6.45) is 2.15. The third-order valence-corrected chi connectivity index (χ3v) is 4.82. The van der Waals surface area contributed by atoms with E-state index < -0.39 is 0 Å². The maximum Gasteiger partial charge on any atom is 0.204 e. The number of ether oxygens (including phenoxy) is 1. The summed E-state index contributed by atoms with van der Waals surface area (Å²) in [6, 6.07) is 22.8. The summed E-state index contributed by atoms with van der Waals surface area (Å²) in [5, 5.41) is 4.51. The van der Waals surface area contributed by atoms with Crippen LogP contribution < -0.4 is 20.7 Å². The number of primary amides is 1. The summed E-state index contributed by atoms with van der Waals surface area (Å²) in [5.74, 6) is 1.74. The Bertz CT molecular complexity index is 1130. The summed E-state index contributed by atoms with van der Waals surface area (Å²) in [4.78, 5) is 18.7. The molecular weight excluding hydrogens is 378 g/mol. The molecule has 7 heteroatoms. The van der Waals surface area contributed by atoms with Crippen LogP contribution in [0.5, 0.6) is 5.75 Å². The molecule has 4 N–H and O–H groups in total. The number of nitrogens with one attached hydrogen (secondary N) is 2. The van der Waals surface area contributed by atoms with Crippen molar-refractivity contribution in [3.8, 4) is 5.75 Å². The molecule has 0 bridgehead atoms. The second-order valence-corrected chi connectivity index (χ2v) is 6.81. The monoisotopic (exact) mass is 401 g/mol. The number of nitrogens with two attached hydrogens (primary N) is 1. The van der Waals surface area contributed by atoms with Gasteiger partial charge in [-0.25, -0.2) is 4.98 Å². The molecule has 0 saturated carbocycles. The van der Waals surface area contributed by atoms with E-state index in [1.54, 1.807) is 0 Å². The van der Waals surface area contributed by atoms with Gasteiger partial charge in [-0.2, -0.15) is 0 Å². The van der Waals surface area contributed by atoms with Crippen LogP contribution in [0.2, 0.25) is 0 Å². The third-order valence-electron chi connectivity index (χ3n) is 4.82. The predicted octanol–water partition coefficient (Wildman–Crippen LogP) is 3.81. The Labute approximate surface area is 174 Å². The second kappa shape index (κ2) is 9.00. The maximum absolute atomic E-state index is 8.58. The number of rotatable bonds is 4. The Morgan fingerprint density at radius 2 is 1.97 bits per heavy atom. The molecule has 1 aliphatic heterocycles. The van der Waals surface area contributed by atoms with Crippen LogP contribution >= 0.6 is 0 Å². The molecule has 2 aromatic heterocycles. The SMILES string of the molecule is NC=O.c1ccc(CN2CCOc3ccc(Nc4ccc5cc[nH]c5n4)cc32)cc1. The van der Waals surface area contributed by atoms with E-state index in [1.807, 2.05) is 36.5 Å². The number of H-pyrrole nitrogens is 1. The largest absolute Gasteiger partial charge is 0.490 e. The topological polar surface area (TPSA) is 96.3 Å². The zero-order valence-corrected chi connectivity index (χ0v) is 16.4. The van der Waals surface area contributed by atoms with Crippen LogP contribution in [0.25, 0.3) is 11.0 Å². The minimum absolute atomic E-state index is 0.250. The average Bonchev–Trinajstić information content (AvgIpc) is 3.23. The van der Waals surface area contributed by atoms with Gasteiger partial charge < -0.3 is 25.7 Å². The van der Waals surface area contributed by atoms with Crippen molar-refractivity contribution in [1.29, 1.82) is 0 Å². The molecule has 2 aromatic carbocycles. The van der Waals surface area contributed by atoms with Gasteiger partial charge in [-0.15, -0.1) is 0 Å². The van der Waals surface area contributed by atoms with E-state index in [2.05, 4.69) is 62.3 Å². The van der Waals surface area contributed by atoms with E-state index in [1.165, 1.54) is 5.56 Å². The molecule has 0 radical (unpaired) electrons. The highest BCUT2D eigenvalue weighted by Crippen LogP contribution is 2.35. The van der Waals surface area contributed by atoms with Crippen LogP contribution in [-0.4, -0.2) is 29.5 Å².